The van der Waals surface area contributed by atoms with Crippen molar-refractivity contribution in [2.75, 3.05) is 44.2 Å². The Bertz CT molecular complexity index is 1590. The van der Waals surface area contributed by atoms with Crippen LogP contribution in [0.2, 0.25) is 0 Å². The van der Waals surface area contributed by atoms with Crippen LogP contribution in [-0.4, -0.2) is 98.8 Å². The summed E-state index contributed by atoms with van der Waals surface area (Å²) in [6.07, 6.45) is 6.70. The van der Waals surface area contributed by atoms with Crippen LogP contribution in [0, 0.1) is 11.3 Å². The van der Waals surface area contributed by atoms with Crippen LogP contribution in [0.25, 0.3) is 11.1 Å². The third kappa shape index (κ3) is 6.02. The number of ether oxygens (including phenoxy) is 1. The minimum atomic E-state index is -1.07. The first-order valence-electron chi connectivity index (χ1n) is 16.3. The van der Waals surface area contributed by atoms with Crippen molar-refractivity contribution in [3.05, 3.63) is 66.5 Å². The highest BCUT2D eigenvalue weighted by molar-refractivity contribution is 5.86. The molecule has 2 N–H and O–H groups in total. The van der Waals surface area contributed by atoms with E-state index in [1.807, 2.05) is 36.7 Å². The average molecular weight is 627 g/mol. The second kappa shape index (κ2) is 11.7. The molecule has 11 nitrogen and oxygen atoms in total. The molecule has 3 aromatic rings. The zero-order chi connectivity index (χ0) is 32.1. The second-order valence-electron chi connectivity index (χ2n) is 14.1. The van der Waals surface area contributed by atoms with Crippen molar-refractivity contribution in [2.45, 2.75) is 57.7 Å². The molecule has 3 saturated heterocycles. The van der Waals surface area contributed by atoms with Crippen LogP contribution in [0.5, 0.6) is 5.75 Å². The lowest BCUT2D eigenvalue weighted by atomic mass is 9.72. The number of carboxylic acid groups (broad SMARTS) is 1. The van der Waals surface area contributed by atoms with Gasteiger partial charge in [-0.3, -0.25) is 14.7 Å². The number of nitrogens with zero attached hydrogens (tertiary/aromatic N) is 5. The molecular weight excluding hydrogens is 584 g/mol. The molecule has 46 heavy (non-hydrogen) atoms. The number of hydrogen-bond acceptors (Lipinski definition) is 6. The smallest absolute Gasteiger partial charge is 0.407 e. The van der Waals surface area contributed by atoms with E-state index in [1.165, 1.54) is 4.90 Å². The van der Waals surface area contributed by atoms with Crippen LogP contribution in [0.1, 0.15) is 45.1 Å². The predicted molar refractivity (Wildman–Crippen MR) is 172 cm³/mol. The molecule has 0 unspecified atom stereocenters. The summed E-state index contributed by atoms with van der Waals surface area (Å²) in [6, 6.07) is 16.5. The second-order valence-corrected chi connectivity index (χ2v) is 14.1. The van der Waals surface area contributed by atoms with Crippen LogP contribution in [0.4, 0.5) is 10.5 Å². The molecule has 1 aliphatic carbocycles. The molecule has 4 heterocycles. The minimum Gasteiger partial charge on any atom is -0.478 e. The molecule has 1 aromatic heterocycles. The summed E-state index contributed by atoms with van der Waals surface area (Å²) >= 11 is 0. The van der Waals surface area contributed by atoms with E-state index in [1.54, 1.807) is 18.7 Å². The van der Waals surface area contributed by atoms with E-state index < -0.39 is 11.7 Å². The Morgan fingerprint density at radius 1 is 1.02 bits per heavy atom. The summed E-state index contributed by atoms with van der Waals surface area (Å²) in [5.74, 6) is 0.663. The number of aromatic amines is 1. The number of nitrogens with one attached hydrogen (secondary N) is 1. The van der Waals surface area contributed by atoms with Crippen molar-refractivity contribution < 1.29 is 24.2 Å². The van der Waals surface area contributed by atoms with Crippen LogP contribution in [0.15, 0.2) is 60.9 Å². The average Bonchev–Trinajstić information content (AvgIpc) is 3.70. The van der Waals surface area contributed by atoms with Crippen molar-refractivity contribution in [2.24, 2.45) is 11.3 Å². The maximum absolute atomic E-state index is 14.0. The number of hydrogen-bond donors (Lipinski definition) is 2. The maximum Gasteiger partial charge on any atom is 0.407 e. The van der Waals surface area contributed by atoms with E-state index in [-0.39, 0.29) is 23.1 Å². The number of rotatable bonds is 9. The predicted octanol–water partition coefficient (Wildman–Crippen LogP) is 4.46. The van der Waals surface area contributed by atoms with Crippen molar-refractivity contribution in [3.63, 3.8) is 0 Å². The molecule has 7 rings (SSSR count). The fourth-order valence-electron chi connectivity index (χ4n) is 7.30. The molecule has 1 spiro atoms. The highest BCUT2D eigenvalue weighted by Gasteiger charge is 2.56. The number of benzene rings is 2. The minimum absolute atomic E-state index is 0.0792. The van der Waals surface area contributed by atoms with E-state index in [9.17, 15) is 14.4 Å². The largest absolute Gasteiger partial charge is 0.478 e. The standard InChI is InChI=1S/C35H42N6O5/c1-34(2,32(43)39-20-35(21-39)22-40(23-35)33(44)45)46-30-7-3-6-29(15-30)38-14-4-5-26(19-38)31(42)41(28-12-13-28)18-24-8-10-25(11-9-24)27-16-36-37-17-27/h3,6-11,15-17,26,28H,4-5,12-14,18-23H2,1-2H3,(H,36,37)(H,44,45)/t26-/m1/s1. The number of carbonyl (C=O) groups excluding carboxylic acids is 2. The third-order valence-electron chi connectivity index (χ3n) is 9.91. The molecule has 11 heteroatoms. The number of likely N-dealkylation sites (tertiary alicyclic amines) is 2. The van der Waals surface area contributed by atoms with Crippen molar-refractivity contribution >= 4 is 23.6 Å². The Balaban J connectivity index is 0.965. The van der Waals surface area contributed by atoms with Crippen molar-refractivity contribution in [1.29, 1.82) is 0 Å². The summed E-state index contributed by atoms with van der Waals surface area (Å²) in [6.45, 7) is 7.76. The third-order valence-corrected chi connectivity index (χ3v) is 9.91. The molecule has 3 aliphatic heterocycles. The van der Waals surface area contributed by atoms with E-state index in [4.69, 9.17) is 9.84 Å². The number of aromatic nitrogens is 2. The fraction of sp³-hybridized carbons (Fsp3) is 0.486. The Hall–Kier alpha value is -4.54. The number of piperidine rings is 1. The lowest BCUT2D eigenvalue weighted by Crippen LogP contribution is -2.75. The van der Waals surface area contributed by atoms with Gasteiger partial charge in [0.25, 0.3) is 5.91 Å². The lowest BCUT2D eigenvalue weighted by molar-refractivity contribution is -0.168. The van der Waals surface area contributed by atoms with E-state index >= 15 is 0 Å². The van der Waals surface area contributed by atoms with Crippen molar-refractivity contribution in [3.8, 4) is 16.9 Å². The van der Waals surface area contributed by atoms with Gasteiger partial charge in [-0.05, 0) is 62.8 Å². The zero-order valence-electron chi connectivity index (χ0n) is 26.5. The van der Waals surface area contributed by atoms with Crippen LogP contribution >= 0.6 is 0 Å². The van der Waals surface area contributed by atoms with Gasteiger partial charge in [0, 0.05) is 80.8 Å². The molecule has 0 bridgehead atoms. The SMILES string of the molecule is CC(C)(Oc1cccc(N2CCC[C@@H](C(=O)N(Cc3ccc(-c4cn[nH]c4)cc3)C3CC3)C2)c1)C(=O)N1CC2(CN(C(=O)O)C2)C1. The topological polar surface area (TPSA) is 122 Å². The molecule has 242 valence electrons. The summed E-state index contributed by atoms with van der Waals surface area (Å²) in [4.78, 5) is 46.0. The highest BCUT2D eigenvalue weighted by Crippen LogP contribution is 2.41. The number of amides is 3. The number of H-pyrrole nitrogens is 1. The Morgan fingerprint density at radius 3 is 2.43 bits per heavy atom. The fourth-order valence-corrected chi connectivity index (χ4v) is 7.30. The molecule has 2 aromatic carbocycles. The maximum atomic E-state index is 14.0. The van der Waals surface area contributed by atoms with Gasteiger partial charge >= 0.3 is 6.09 Å². The van der Waals surface area contributed by atoms with Gasteiger partial charge in [-0.2, -0.15) is 5.10 Å². The van der Waals surface area contributed by atoms with E-state index in [0.29, 0.717) is 51.1 Å². The van der Waals surface area contributed by atoms with Gasteiger partial charge in [-0.15, -0.1) is 0 Å². The first kappa shape index (κ1) is 30.1. The van der Waals surface area contributed by atoms with Gasteiger partial charge in [0.2, 0.25) is 5.91 Å². The van der Waals surface area contributed by atoms with Crippen LogP contribution in [0.3, 0.4) is 0 Å². The van der Waals surface area contributed by atoms with Gasteiger partial charge in [0.05, 0.1) is 12.1 Å². The van der Waals surface area contributed by atoms with Gasteiger partial charge in [0.1, 0.15) is 5.75 Å². The Labute approximate surface area is 269 Å². The van der Waals surface area contributed by atoms with Gasteiger partial charge in [0.15, 0.2) is 5.60 Å². The van der Waals surface area contributed by atoms with E-state index in [0.717, 1.165) is 54.6 Å². The monoisotopic (exact) mass is 626 g/mol. The zero-order valence-corrected chi connectivity index (χ0v) is 26.5. The normalized spacial score (nSPS) is 20.6. The Morgan fingerprint density at radius 2 is 1.76 bits per heavy atom. The molecule has 3 amide bonds. The van der Waals surface area contributed by atoms with Gasteiger partial charge < -0.3 is 29.4 Å². The lowest BCUT2D eigenvalue weighted by Gasteiger charge is -2.60. The van der Waals surface area contributed by atoms with Crippen LogP contribution < -0.4 is 9.64 Å². The first-order chi connectivity index (χ1) is 22.1. The summed E-state index contributed by atoms with van der Waals surface area (Å²) in [5, 5.41) is 16.0. The van der Waals surface area contributed by atoms with Gasteiger partial charge in [-0.1, -0.05) is 30.3 Å². The van der Waals surface area contributed by atoms with Crippen molar-refractivity contribution in [1.82, 2.24) is 24.9 Å². The van der Waals surface area contributed by atoms with Gasteiger partial charge in [-0.25, -0.2) is 4.79 Å². The summed E-state index contributed by atoms with van der Waals surface area (Å²) in [5.41, 5.74) is 3.08. The summed E-state index contributed by atoms with van der Waals surface area (Å²) in [7, 11) is 0. The first-order valence-corrected chi connectivity index (χ1v) is 16.3. The molecule has 1 saturated carbocycles. The van der Waals surface area contributed by atoms with E-state index in [2.05, 4.69) is 44.3 Å². The molecule has 4 fully saturated rings. The number of carbonyl (C=O) groups is 3. The number of anilines is 1. The van der Waals surface area contributed by atoms with Crippen LogP contribution in [-0.2, 0) is 16.1 Å². The molecule has 0 radical (unpaired) electrons. The summed E-state index contributed by atoms with van der Waals surface area (Å²) < 4.78 is 6.28. The molecular formula is C35H42N6O5. The molecule has 1 atom stereocenters. The Kier molecular flexibility index (Phi) is 7.65. The quantitative estimate of drug-likeness (QED) is 0.360. The highest BCUT2D eigenvalue weighted by atomic mass is 16.5. The molecule has 4 aliphatic rings.